The minimum atomic E-state index is -1.14. The van der Waals surface area contributed by atoms with Crippen molar-refractivity contribution in [1.29, 1.82) is 0 Å². The first kappa shape index (κ1) is 34.8. The molecule has 1 aromatic heterocycles. The number of aliphatic hydroxyl groups excluding tert-OH is 1. The normalized spacial score (nSPS) is 15.5. The lowest BCUT2D eigenvalue weighted by molar-refractivity contribution is -0.132. The molecule has 1 aliphatic rings. The highest BCUT2D eigenvalue weighted by Crippen LogP contribution is 2.47. The molecule has 1 aliphatic heterocycles. The Labute approximate surface area is 308 Å². The van der Waals surface area contributed by atoms with E-state index in [9.17, 15) is 19.8 Å². The highest BCUT2D eigenvalue weighted by molar-refractivity contribution is 9.10. The van der Waals surface area contributed by atoms with Crippen molar-refractivity contribution in [1.82, 2.24) is 10.2 Å². The number of nitrogens with zero attached hydrogens (tertiary/aromatic N) is 3. The van der Waals surface area contributed by atoms with Gasteiger partial charge in [-0.15, -0.1) is 10.2 Å². The number of ketones is 1. The van der Waals surface area contributed by atoms with Gasteiger partial charge < -0.3 is 19.7 Å². The number of methoxy groups -OCH3 is 1. The summed E-state index contributed by atoms with van der Waals surface area (Å²) in [4.78, 5) is 28.7. The first-order chi connectivity index (χ1) is 23.5. The summed E-state index contributed by atoms with van der Waals surface area (Å²) in [5, 5.41) is 31.8. The Hall–Kier alpha value is -4.07. The number of ether oxygens (including phenoxy) is 2. The number of anilines is 1. The molecule has 5 aromatic rings. The molecule has 0 spiro atoms. The number of thioether (sulfide) groups is 1. The molecule has 4 aromatic carbocycles. The van der Waals surface area contributed by atoms with Crippen LogP contribution in [-0.2, 0) is 21.9 Å². The summed E-state index contributed by atoms with van der Waals surface area (Å²) < 4.78 is 12.1. The number of Topliss-reactive ketones (excluding diaryl/α,β-unsaturated/α-hetero) is 1. The molecule has 0 radical (unpaired) electrons. The van der Waals surface area contributed by atoms with E-state index in [2.05, 4.69) is 26.1 Å². The summed E-state index contributed by atoms with van der Waals surface area (Å²) in [6.45, 7) is 2.36. The predicted octanol–water partition coefficient (Wildman–Crippen LogP) is 9.13. The standard InChI is InChI=1S/C35H26BrCl2N3O6S2/c1-18-5-3-4-6-20(18)16-47-24-11-8-19(9-12-24)30(42)28-29(22-13-25(36)31(43)27(14-22)46-2)41(33(45)32(28)44)34-39-40-35(49-34)48-17-21-7-10-23(37)15-26(21)38/h3-15,29,42-43H,16-17H2,1-2H3/b30-28+. The number of hydrogen-bond acceptors (Lipinski definition) is 10. The number of halogens is 3. The van der Waals surface area contributed by atoms with Crippen LogP contribution in [0.15, 0.2) is 93.2 Å². The van der Waals surface area contributed by atoms with E-state index in [4.69, 9.17) is 32.7 Å². The van der Waals surface area contributed by atoms with Crippen molar-refractivity contribution in [2.24, 2.45) is 0 Å². The number of benzene rings is 4. The molecular weight excluding hydrogens is 773 g/mol. The summed E-state index contributed by atoms with van der Waals surface area (Å²) in [7, 11) is 1.38. The van der Waals surface area contributed by atoms with E-state index in [1.54, 1.807) is 42.5 Å². The second-order valence-corrected chi connectivity index (χ2v) is 14.7. The lowest BCUT2D eigenvalue weighted by Gasteiger charge is -2.23. The fourth-order valence-corrected chi connectivity index (χ4v) is 8.07. The highest BCUT2D eigenvalue weighted by atomic mass is 79.9. The fourth-order valence-electron chi connectivity index (χ4n) is 5.19. The molecular formula is C35H26BrCl2N3O6S2. The van der Waals surface area contributed by atoms with Crippen LogP contribution in [0.5, 0.6) is 17.2 Å². The number of amides is 1. The van der Waals surface area contributed by atoms with Crippen molar-refractivity contribution in [3.63, 3.8) is 0 Å². The van der Waals surface area contributed by atoms with Crippen molar-refractivity contribution in [3.8, 4) is 17.2 Å². The zero-order valence-electron chi connectivity index (χ0n) is 25.8. The molecule has 1 amide bonds. The number of aryl methyl sites for hydroxylation is 1. The number of phenolic OH excluding ortho intramolecular Hbond substituents is 1. The molecule has 0 saturated carbocycles. The van der Waals surface area contributed by atoms with Gasteiger partial charge in [-0.2, -0.15) is 0 Å². The van der Waals surface area contributed by atoms with E-state index in [0.29, 0.717) is 43.6 Å². The van der Waals surface area contributed by atoms with Crippen molar-refractivity contribution in [2.75, 3.05) is 12.0 Å². The van der Waals surface area contributed by atoms with Crippen LogP contribution in [-0.4, -0.2) is 39.2 Å². The average Bonchev–Trinajstić information content (AvgIpc) is 3.66. The van der Waals surface area contributed by atoms with Crippen molar-refractivity contribution < 1.29 is 29.3 Å². The maximum Gasteiger partial charge on any atom is 0.301 e. The van der Waals surface area contributed by atoms with Crippen LogP contribution in [0.1, 0.15) is 33.9 Å². The van der Waals surface area contributed by atoms with Gasteiger partial charge in [-0.1, -0.05) is 76.6 Å². The maximum atomic E-state index is 13.7. The van der Waals surface area contributed by atoms with Gasteiger partial charge >= 0.3 is 5.91 Å². The van der Waals surface area contributed by atoms with Gasteiger partial charge in [-0.05, 0) is 93.6 Å². The summed E-state index contributed by atoms with van der Waals surface area (Å²) in [5.74, 6) is -1.26. The molecule has 9 nitrogen and oxygen atoms in total. The average molecular weight is 800 g/mol. The molecule has 14 heteroatoms. The topological polar surface area (TPSA) is 122 Å². The maximum absolute atomic E-state index is 13.7. The van der Waals surface area contributed by atoms with Crippen LogP contribution in [0.4, 0.5) is 5.13 Å². The number of rotatable bonds is 10. The smallest absolute Gasteiger partial charge is 0.301 e. The second kappa shape index (κ2) is 14.8. The van der Waals surface area contributed by atoms with Crippen LogP contribution in [0.25, 0.3) is 5.76 Å². The van der Waals surface area contributed by atoms with E-state index >= 15 is 0 Å². The number of aliphatic hydroxyl groups is 1. The van der Waals surface area contributed by atoms with E-state index in [1.165, 1.54) is 29.8 Å². The molecule has 2 heterocycles. The number of aromatic hydroxyl groups is 1. The number of hydrogen-bond donors (Lipinski definition) is 2. The Kier molecular flexibility index (Phi) is 10.5. The van der Waals surface area contributed by atoms with Crippen LogP contribution in [0.2, 0.25) is 10.0 Å². The third kappa shape index (κ3) is 7.29. The molecule has 250 valence electrons. The molecule has 1 atom stereocenters. The number of carbonyl (C=O) groups excluding carboxylic acids is 2. The van der Waals surface area contributed by atoms with Crippen LogP contribution in [0.3, 0.4) is 0 Å². The fraction of sp³-hybridized carbons (Fsp3) is 0.143. The van der Waals surface area contributed by atoms with E-state index in [1.807, 2.05) is 37.3 Å². The highest BCUT2D eigenvalue weighted by Gasteiger charge is 2.48. The van der Waals surface area contributed by atoms with Crippen LogP contribution >= 0.6 is 62.2 Å². The SMILES string of the molecule is COc1cc(C2/C(=C(\O)c3ccc(OCc4ccccc4C)cc3)C(=O)C(=O)N2c2nnc(SCc3ccc(Cl)cc3Cl)s2)cc(Br)c1O. The number of phenols is 1. The van der Waals surface area contributed by atoms with Gasteiger partial charge in [-0.25, -0.2) is 0 Å². The summed E-state index contributed by atoms with van der Waals surface area (Å²) in [6, 6.07) is 21.6. The monoisotopic (exact) mass is 797 g/mol. The number of carbonyl (C=O) groups is 2. The van der Waals surface area contributed by atoms with Gasteiger partial charge in [0.15, 0.2) is 15.8 Å². The summed E-state index contributed by atoms with van der Waals surface area (Å²) >= 11 is 18.2. The second-order valence-electron chi connectivity index (χ2n) is 10.8. The summed E-state index contributed by atoms with van der Waals surface area (Å²) in [6.07, 6.45) is 0. The van der Waals surface area contributed by atoms with E-state index in [-0.39, 0.29) is 26.7 Å². The molecule has 2 N–H and O–H groups in total. The first-order valence-corrected chi connectivity index (χ1v) is 18.0. The minimum Gasteiger partial charge on any atom is -0.507 e. The van der Waals surface area contributed by atoms with Crippen molar-refractivity contribution in [2.45, 2.75) is 29.7 Å². The van der Waals surface area contributed by atoms with Gasteiger partial charge in [-0.3, -0.25) is 14.5 Å². The van der Waals surface area contributed by atoms with Crippen molar-refractivity contribution >= 4 is 84.8 Å². The molecule has 6 rings (SSSR count). The Morgan fingerprint density at radius 2 is 1.78 bits per heavy atom. The van der Waals surface area contributed by atoms with Crippen LogP contribution < -0.4 is 14.4 Å². The van der Waals surface area contributed by atoms with Crippen molar-refractivity contribution in [3.05, 3.63) is 127 Å². The quantitative estimate of drug-likeness (QED) is 0.0469. The molecule has 1 fully saturated rings. The Morgan fingerprint density at radius 1 is 1.02 bits per heavy atom. The lowest BCUT2D eigenvalue weighted by Crippen LogP contribution is -2.29. The third-order valence-electron chi connectivity index (χ3n) is 7.78. The molecule has 1 unspecified atom stereocenters. The Balaban J connectivity index is 1.35. The van der Waals surface area contributed by atoms with Gasteiger partial charge in [0.1, 0.15) is 18.1 Å². The molecule has 0 aliphatic carbocycles. The van der Waals surface area contributed by atoms with Gasteiger partial charge in [0, 0.05) is 21.4 Å². The predicted molar refractivity (Wildman–Crippen MR) is 195 cm³/mol. The molecule has 0 bridgehead atoms. The largest absolute Gasteiger partial charge is 0.507 e. The van der Waals surface area contributed by atoms with Gasteiger partial charge in [0.05, 0.1) is 23.2 Å². The third-order valence-corrected chi connectivity index (χ3v) is 11.1. The zero-order valence-corrected chi connectivity index (χ0v) is 30.5. The van der Waals surface area contributed by atoms with E-state index in [0.717, 1.165) is 28.0 Å². The van der Waals surface area contributed by atoms with Crippen LogP contribution in [0, 0.1) is 6.92 Å². The minimum absolute atomic E-state index is 0.0958. The molecule has 49 heavy (non-hydrogen) atoms. The van der Waals surface area contributed by atoms with Gasteiger partial charge in [0.2, 0.25) is 5.13 Å². The lowest BCUT2D eigenvalue weighted by atomic mass is 9.95. The Bertz CT molecular complexity index is 2110. The Morgan fingerprint density at radius 3 is 2.49 bits per heavy atom. The molecule has 1 saturated heterocycles. The van der Waals surface area contributed by atoms with E-state index < -0.39 is 23.5 Å². The van der Waals surface area contributed by atoms with Gasteiger partial charge in [0.25, 0.3) is 5.78 Å². The zero-order chi connectivity index (χ0) is 34.8. The summed E-state index contributed by atoms with van der Waals surface area (Å²) in [5.41, 5.74) is 3.47. The first-order valence-electron chi connectivity index (χ1n) is 14.6. The number of aromatic nitrogens is 2.